The molecule has 1 N–H and O–H groups in total. The molecule has 5 heteroatoms. The van der Waals surface area contributed by atoms with Gasteiger partial charge in [-0.1, -0.05) is 15.9 Å². The second kappa shape index (κ2) is 5.33. The first kappa shape index (κ1) is 12.8. The zero-order valence-corrected chi connectivity index (χ0v) is 11.0. The van der Waals surface area contributed by atoms with Crippen molar-refractivity contribution in [2.24, 2.45) is 0 Å². The Kier molecular flexibility index (Phi) is 4.01. The van der Waals surface area contributed by atoms with E-state index < -0.39 is 6.10 Å². The predicted molar refractivity (Wildman–Crippen MR) is 64.6 cm³/mol. The summed E-state index contributed by atoms with van der Waals surface area (Å²) in [5.41, 5.74) is 0. The summed E-state index contributed by atoms with van der Waals surface area (Å²) in [6.07, 6.45) is -0.503. The molecule has 3 atom stereocenters. The van der Waals surface area contributed by atoms with Gasteiger partial charge in [0.05, 0.1) is 6.10 Å². The molecule has 17 heavy (non-hydrogen) atoms. The molecule has 94 valence electrons. The van der Waals surface area contributed by atoms with Gasteiger partial charge in [0.15, 0.2) is 0 Å². The van der Waals surface area contributed by atoms with Crippen molar-refractivity contribution in [2.45, 2.75) is 31.7 Å². The number of hydrogen-bond acceptors (Lipinski definition) is 3. The van der Waals surface area contributed by atoms with E-state index in [2.05, 4.69) is 15.9 Å². The maximum absolute atomic E-state index is 13.1. The third-order valence-corrected chi connectivity index (χ3v) is 3.16. The van der Waals surface area contributed by atoms with Gasteiger partial charge in [-0.05, 0) is 19.1 Å². The fourth-order valence-corrected chi connectivity index (χ4v) is 2.30. The minimum atomic E-state index is -0.489. The third-order valence-electron chi connectivity index (χ3n) is 2.70. The molecule has 1 aliphatic carbocycles. The van der Waals surface area contributed by atoms with Crippen molar-refractivity contribution < 1.29 is 19.0 Å². The summed E-state index contributed by atoms with van der Waals surface area (Å²) >= 11 is 3.20. The smallest absolute Gasteiger partial charge is 0.130 e. The summed E-state index contributed by atoms with van der Waals surface area (Å²) in [6.45, 7) is 2.38. The molecule has 0 spiro atoms. The van der Waals surface area contributed by atoms with E-state index in [-0.39, 0.29) is 18.0 Å². The van der Waals surface area contributed by atoms with Crippen LogP contribution in [0.25, 0.3) is 0 Å². The Labute approximate surface area is 108 Å². The van der Waals surface area contributed by atoms with E-state index in [1.807, 2.05) is 6.92 Å². The van der Waals surface area contributed by atoms with Crippen LogP contribution >= 0.6 is 15.9 Å². The Bertz CT molecular complexity index is 379. The lowest BCUT2D eigenvalue weighted by atomic mass is 9.88. The number of benzene rings is 1. The highest BCUT2D eigenvalue weighted by Gasteiger charge is 2.42. The monoisotopic (exact) mass is 304 g/mol. The largest absolute Gasteiger partial charge is 0.487 e. The maximum Gasteiger partial charge on any atom is 0.130 e. The van der Waals surface area contributed by atoms with Crippen molar-refractivity contribution in [3.8, 4) is 5.75 Å². The summed E-state index contributed by atoms with van der Waals surface area (Å²) in [7, 11) is 0. The first-order chi connectivity index (χ1) is 8.10. The van der Waals surface area contributed by atoms with Crippen LogP contribution in [-0.4, -0.2) is 30.0 Å². The molecule has 1 aromatic rings. The molecule has 1 aliphatic rings. The van der Waals surface area contributed by atoms with Crippen LogP contribution in [0.2, 0.25) is 0 Å². The molecule has 1 aromatic carbocycles. The van der Waals surface area contributed by atoms with Crippen LogP contribution in [-0.2, 0) is 4.74 Å². The Hall–Kier alpha value is -0.650. The van der Waals surface area contributed by atoms with Gasteiger partial charge in [-0.25, -0.2) is 4.39 Å². The van der Waals surface area contributed by atoms with Crippen molar-refractivity contribution in [3.63, 3.8) is 0 Å². The molecule has 1 fully saturated rings. The molecule has 0 radical (unpaired) electrons. The zero-order chi connectivity index (χ0) is 12.4. The molecule has 0 bridgehead atoms. The van der Waals surface area contributed by atoms with Gasteiger partial charge in [0, 0.05) is 23.6 Å². The number of aliphatic hydroxyl groups excluding tert-OH is 1. The quantitative estimate of drug-likeness (QED) is 0.929. The fraction of sp³-hybridized carbons (Fsp3) is 0.500. The van der Waals surface area contributed by atoms with Crippen molar-refractivity contribution in [3.05, 3.63) is 28.5 Å². The Balaban J connectivity index is 2.01. The number of halogens is 2. The van der Waals surface area contributed by atoms with Gasteiger partial charge in [-0.15, -0.1) is 0 Å². The van der Waals surface area contributed by atoms with Crippen molar-refractivity contribution in [2.75, 3.05) is 6.61 Å². The summed E-state index contributed by atoms with van der Waals surface area (Å²) < 4.78 is 24.7. The topological polar surface area (TPSA) is 38.7 Å². The van der Waals surface area contributed by atoms with Gasteiger partial charge in [-0.3, -0.25) is 0 Å². The van der Waals surface area contributed by atoms with E-state index in [1.54, 1.807) is 6.07 Å². The Morgan fingerprint density at radius 2 is 2.24 bits per heavy atom. The molecule has 0 saturated heterocycles. The minimum Gasteiger partial charge on any atom is -0.487 e. The van der Waals surface area contributed by atoms with Crippen LogP contribution in [0.3, 0.4) is 0 Å². The third kappa shape index (κ3) is 2.97. The normalized spacial score (nSPS) is 27.6. The van der Waals surface area contributed by atoms with Crippen molar-refractivity contribution in [1.29, 1.82) is 0 Å². The fourth-order valence-electron chi connectivity index (χ4n) is 1.86. The van der Waals surface area contributed by atoms with E-state index >= 15 is 0 Å². The predicted octanol–water partition coefficient (Wildman–Crippen LogP) is 2.51. The summed E-state index contributed by atoms with van der Waals surface area (Å²) in [4.78, 5) is 0. The van der Waals surface area contributed by atoms with E-state index in [0.717, 1.165) is 0 Å². The van der Waals surface area contributed by atoms with E-state index in [1.165, 1.54) is 12.1 Å². The molecule has 0 aliphatic heterocycles. The van der Waals surface area contributed by atoms with Gasteiger partial charge in [0.25, 0.3) is 0 Å². The highest BCUT2D eigenvalue weighted by atomic mass is 79.9. The summed E-state index contributed by atoms with van der Waals surface area (Å²) in [6, 6.07) is 4.37. The van der Waals surface area contributed by atoms with Gasteiger partial charge in [0.2, 0.25) is 0 Å². The van der Waals surface area contributed by atoms with Gasteiger partial charge in [-0.2, -0.15) is 0 Å². The average Bonchev–Trinajstić information content (AvgIpc) is 2.24. The number of ether oxygens (including phenoxy) is 2. The van der Waals surface area contributed by atoms with Crippen molar-refractivity contribution >= 4 is 15.9 Å². The van der Waals surface area contributed by atoms with E-state index in [0.29, 0.717) is 23.2 Å². The molecule has 3 unspecified atom stereocenters. The molecule has 0 amide bonds. The molecular formula is C12H14BrFO3. The Morgan fingerprint density at radius 1 is 1.47 bits per heavy atom. The first-order valence-corrected chi connectivity index (χ1v) is 6.32. The molecule has 2 rings (SSSR count). The molecule has 1 saturated carbocycles. The van der Waals surface area contributed by atoms with E-state index in [4.69, 9.17) is 9.47 Å². The molecule has 0 heterocycles. The van der Waals surface area contributed by atoms with Gasteiger partial charge in [0.1, 0.15) is 23.8 Å². The SMILES string of the molecule is CCOC1C(O)CC1Oc1cc(F)cc(Br)c1. The lowest BCUT2D eigenvalue weighted by Gasteiger charge is -2.40. The molecule has 0 aromatic heterocycles. The second-order valence-electron chi connectivity index (χ2n) is 3.98. The summed E-state index contributed by atoms with van der Waals surface area (Å²) in [5, 5.41) is 9.51. The number of hydrogen-bond donors (Lipinski definition) is 1. The van der Waals surface area contributed by atoms with E-state index in [9.17, 15) is 9.50 Å². The molecular weight excluding hydrogens is 291 g/mol. The highest BCUT2D eigenvalue weighted by molar-refractivity contribution is 9.10. The Morgan fingerprint density at radius 3 is 2.82 bits per heavy atom. The average molecular weight is 305 g/mol. The molecule has 3 nitrogen and oxygen atoms in total. The van der Waals surface area contributed by atoms with Crippen LogP contribution in [0.4, 0.5) is 4.39 Å². The van der Waals surface area contributed by atoms with Crippen LogP contribution < -0.4 is 4.74 Å². The van der Waals surface area contributed by atoms with Crippen LogP contribution in [0.15, 0.2) is 22.7 Å². The first-order valence-electron chi connectivity index (χ1n) is 5.52. The zero-order valence-electron chi connectivity index (χ0n) is 9.40. The van der Waals surface area contributed by atoms with Crippen LogP contribution in [0.1, 0.15) is 13.3 Å². The van der Waals surface area contributed by atoms with Crippen LogP contribution in [0.5, 0.6) is 5.75 Å². The standard InChI is InChI=1S/C12H14BrFO3/c1-2-16-12-10(15)6-11(12)17-9-4-7(13)3-8(14)5-9/h3-5,10-12,15H,2,6H2,1H3. The maximum atomic E-state index is 13.1. The van der Waals surface area contributed by atoms with Gasteiger partial charge >= 0.3 is 0 Å². The minimum absolute atomic E-state index is 0.210. The highest BCUT2D eigenvalue weighted by Crippen LogP contribution is 2.30. The summed E-state index contributed by atoms with van der Waals surface area (Å²) in [5.74, 6) is 0.0840. The lowest BCUT2D eigenvalue weighted by Crippen LogP contribution is -2.55. The van der Waals surface area contributed by atoms with Crippen LogP contribution in [0, 0.1) is 5.82 Å². The number of aliphatic hydroxyl groups is 1. The lowest BCUT2D eigenvalue weighted by molar-refractivity contribution is -0.160. The number of rotatable bonds is 4. The second-order valence-corrected chi connectivity index (χ2v) is 4.90. The van der Waals surface area contributed by atoms with Crippen molar-refractivity contribution in [1.82, 2.24) is 0 Å². The van der Waals surface area contributed by atoms with Gasteiger partial charge < -0.3 is 14.6 Å².